The van der Waals surface area contributed by atoms with Crippen molar-refractivity contribution in [1.29, 1.82) is 0 Å². The van der Waals surface area contributed by atoms with E-state index < -0.39 is 17.9 Å². The Morgan fingerprint density at radius 3 is 2.12 bits per heavy atom. The summed E-state index contributed by atoms with van der Waals surface area (Å²) < 4.78 is 9.12. The quantitative estimate of drug-likeness (QED) is 0.418. The Kier molecular flexibility index (Phi) is 7.34. The average Bonchev–Trinajstić information content (AvgIpc) is 2.27. The molecule has 1 N–H and O–H groups in total. The van der Waals surface area contributed by atoms with E-state index in [1.165, 1.54) is 0 Å². The fraction of sp³-hybridized carbons (Fsp3) is 0.833. The van der Waals surface area contributed by atoms with E-state index in [-0.39, 0.29) is 0 Å². The second kappa shape index (κ2) is 7.92. The van der Waals surface area contributed by atoms with Gasteiger partial charge in [0.25, 0.3) is 0 Å². The molecular formula is C12H22O5. The Hall–Kier alpha value is -1.26. The number of hydrogen-bond acceptors (Lipinski definition) is 4. The molecule has 0 aliphatic carbocycles. The highest BCUT2D eigenvalue weighted by atomic mass is 16.8. The number of carboxylic acid groups (broad SMARTS) is 1. The van der Waals surface area contributed by atoms with Crippen LogP contribution in [0.1, 0.15) is 59.3 Å². The van der Waals surface area contributed by atoms with Gasteiger partial charge in [-0.15, -0.1) is 0 Å². The Balaban J connectivity index is 4.37. The van der Waals surface area contributed by atoms with Crippen LogP contribution >= 0.6 is 0 Å². The normalized spacial score (nSPS) is 11.0. The molecule has 0 bridgehead atoms. The lowest BCUT2D eigenvalue weighted by molar-refractivity contribution is -0.0390. The third kappa shape index (κ3) is 6.14. The first kappa shape index (κ1) is 15.7. The summed E-state index contributed by atoms with van der Waals surface area (Å²) in [5, 5.41) is 8.32. The SMILES string of the molecule is CCCCCC(CC)(CC)OC(=O)OC(=O)O. The van der Waals surface area contributed by atoms with Crippen molar-refractivity contribution in [1.82, 2.24) is 0 Å². The van der Waals surface area contributed by atoms with Crippen LogP contribution in [-0.2, 0) is 9.47 Å². The van der Waals surface area contributed by atoms with Gasteiger partial charge < -0.3 is 14.6 Å². The van der Waals surface area contributed by atoms with Gasteiger partial charge in [-0.25, -0.2) is 9.59 Å². The molecule has 5 nitrogen and oxygen atoms in total. The summed E-state index contributed by atoms with van der Waals surface area (Å²) in [6.07, 6.45) is 2.40. The van der Waals surface area contributed by atoms with E-state index in [2.05, 4.69) is 11.7 Å². The Morgan fingerprint density at radius 1 is 1.12 bits per heavy atom. The van der Waals surface area contributed by atoms with Crippen molar-refractivity contribution in [3.05, 3.63) is 0 Å². The van der Waals surface area contributed by atoms with E-state index in [4.69, 9.17) is 9.84 Å². The summed E-state index contributed by atoms with van der Waals surface area (Å²) in [7, 11) is 0. The number of carbonyl (C=O) groups is 2. The zero-order chi connectivity index (χ0) is 13.3. The molecule has 5 heteroatoms. The lowest BCUT2D eigenvalue weighted by Crippen LogP contribution is -2.34. The molecule has 0 saturated heterocycles. The van der Waals surface area contributed by atoms with Crippen molar-refractivity contribution in [3.8, 4) is 0 Å². The van der Waals surface area contributed by atoms with Crippen LogP contribution in [0, 0.1) is 0 Å². The molecule has 0 aromatic carbocycles. The molecule has 0 unspecified atom stereocenters. The first-order chi connectivity index (χ1) is 7.99. The zero-order valence-corrected chi connectivity index (χ0v) is 10.8. The van der Waals surface area contributed by atoms with E-state index in [0.29, 0.717) is 12.8 Å². The summed E-state index contributed by atoms with van der Waals surface area (Å²) in [6.45, 7) is 5.94. The van der Waals surface area contributed by atoms with Crippen LogP contribution in [0.15, 0.2) is 0 Å². The molecule has 17 heavy (non-hydrogen) atoms. The molecule has 0 saturated carbocycles. The molecule has 0 rings (SSSR count). The second-order valence-electron chi connectivity index (χ2n) is 4.07. The Labute approximate surface area is 102 Å². The Morgan fingerprint density at radius 2 is 1.71 bits per heavy atom. The minimum atomic E-state index is -1.63. The first-order valence-electron chi connectivity index (χ1n) is 6.13. The van der Waals surface area contributed by atoms with Crippen LogP contribution < -0.4 is 0 Å². The monoisotopic (exact) mass is 246 g/mol. The molecule has 0 spiro atoms. The standard InChI is InChI=1S/C12H22O5/c1-4-7-8-9-12(5-2,6-3)17-11(15)16-10(13)14/h4-9H2,1-3H3,(H,13,14). The van der Waals surface area contributed by atoms with Crippen LogP contribution in [0.2, 0.25) is 0 Å². The van der Waals surface area contributed by atoms with Crippen molar-refractivity contribution >= 4 is 12.3 Å². The molecule has 100 valence electrons. The smallest absolute Gasteiger partial charge is 0.449 e. The lowest BCUT2D eigenvalue weighted by Gasteiger charge is -2.30. The van der Waals surface area contributed by atoms with Gasteiger partial charge in [0, 0.05) is 0 Å². The van der Waals surface area contributed by atoms with Gasteiger partial charge in [0.05, 0.1) is 0 Å². The number of ether oxygens (including phenoxy) is 2. The molecule has 0 aromatic rings. The second-order valence-corrected chi connectivity index (χ2v) is 4.07. The van der Waals surface area contributed by atoms with Crippen LogP contribution in [-0.4, -0.2) is 23.0 Å². The molecule has 0 radical (unpaired) electrons. The summed E-state index contributed by atoms with van der Waals surface area (Å²) in [6, 6.07) is 0. The maximum absolute atomic E-state index is 11.2. The third-order valence-corrected chi connectivity index (χ3v) is 3.00. The topological polar surface area (TPSA) is 72.8 Å². The van der Waals surface area contributed by atoms with Gasteiger partial charge in [0.2, 0.25) is 0 Å². The first-order valence-corrected chi connectivity index (χ1v) is 6.13. The van der Waals surface area contributed by atoms with Gasteiger partial charge in [-0.1, -0.05) is 33.6 Å². The summed E-state index contributed by atoms with van der Waals surface area (Å²) in [4.78, 5) is 21.4. The van der Waals surface area contributed by atoms with E-state index in [1.54, 1.807) is 0 Å². The fourth-order valence-corrected chi connectivity index (χ4v) is 1.76. The number of rotatable bonds is 7. The van der Waals surface area contributed by atoms with Crippen molar-refractivity contribution in [3.63, 3.8) is 0 Å². The average molecular weight is 246 g/mol. The van der Waals surface area contributed by atoms with Crippen LogP contribution in [0.4, 0.5) is 9.59 Å². The number of unbranched alkanes of at least 4 members (excludes halogenated alkanes) is 2. The van der Waals surface area contributed by atoms with Crippen LogP contribution in [0.25, 0.3) is 0 Å². The van der Waals surface area contributed by atoms with Gasteiger partial charge in [-0.3, -0.25) is 0 Å². The van der Waals surface area contributed by atoms with Gasteiger partial charge in [0.1, 0.15) is 5.60 Å². The molecule has 0 amide bonds. The predicted molar refractivity (Wildman–Crippen MR) is 63.0 cm³/mol. The van der Waals surface area contributed by atoms with Gasteiger partial charge in [-0.2, -0.15) is 0 Å². The number of hydrogen-bond donors (Lipinski definition) is 1. The minimum absolute atomic E-state index is 0.596. The fourth-order valence-electron chi connectivity index (χ4n) is 1.76. The predicted octanol–water partition coefficient (Wildman–Crippen LogP) is 3.96. The largest absolute Gasteiger partial charge is 0.519 e. The van der Waals surface area contributed by atoms with Crippen molar-refractivity contribution in [2.24, 2.45) is 0 Å². The van der Waals surface area contributed by atoms with E-state index in [0.717, 1.165) is 25.7 Å². The summed E-state index contributed by atoms with van der Waals surface area (Å²) in [5.41, 5.74) is -0.596. The molecule has 0 aromatic heterocycles. The maximum Gasteiger partial charge on any atom is 0.519 e. The highest BCUT2D eigenvalue weighted by Gasteiger charge is 2.31. The minimum Gasteiger partial charge on any atom is -0.449 e. The molecule has 0 fully saturated rings. The molecule has 0 aliphatic rings. The summed E-state index contributed by atoms with van der Waals surface area (Å²) in [5.74, 6) is 0. The Bertz CT molecular complexity index is 245. The zero-order valence-electron chi connectivity index (χ0n) is 10.8. The van der Waals surface area contributed by atoms with Gasteiger partial charge in [-0.05, 0) is 25.7 Å². The number of carbonyl (C=O) groups excluding carboxylic acids is 1. The van der Waals surface area contributed by atoms with Crippen molar-refractivity contribution in [2.75, 3.05) is 0 Å². The molecule has 0 heterocycles. The van der Waals surface area contributed by atoms with Crippen LogP contribution in [0.5, 0.6) is 0 Å². The van der Waals surface area contributed by atoms with E-state index in [9.17, 15) is 9.59 Å². The highest BCUT2D eigenvalue weighted by Crippen LogP contribution is 2.28. The van der Waals surface area contributed by atoms with Crippen LogP contribution in [0.3, 0.4) is 0 Å². The molecular weight excluding hydrogens is 224 g/mol. The molecule has 0 atom stereocenters. The van der Waals surface area contributed by atoms with E-state index in [1.807, 2.05) is 13.8 Å². The lowest BCUT2D eigenvalue weighted by atomic mass is 9.90. The highest BCUT2D eigenvalue weighted by molar-refractivity contribution is 5.75. The van der Waals surface area contributed by atoms with Gasteiger partial charge in [0.15, 0.2) is 0 Å². The summed E-state index contributed by atoms with van der Waals surface area (Å²) >= 11 is 0. The third-order valence-electron chi connectivity index (χ3n) is 3.00. The molecule has 0 aliphatic heterocycles. The van der Waals surface area contributed by atoms with E-state index >= 15 is 0 Å². The van der Waals surface area contributed by atoms with Crippen molar-refractivity contribution < 1.29 is 24.2 Å². The van der Waals surface area contributed by atoms with Crippen molar-refractivity contribution in [2.45, 2.75) is 64.9 Å². The van der Waals surface area contributed by atoms with Gasteiger partial charge >= 0.3 is 12.3 Å². The maximum atomic E-state index is 11.2.